The van der Waals surface area contributed by atoms with Crippen molar-refractivity contribution in [2.75, 3.05) is 0 Å². The van der Waals surface area contributed by atoms with Crippen molar-refractivity contribution in [1.82, 2.24) is 20.0 Å². The third-order valence-electron chi connectivity index (χ3n) is 4.26. The van der Waals surface area contributed by atoms with E-state index in [-0.39, 0.29) is 10.9 Å². The Morgan fingerprint density at radius 1 is 1.14 bits per heavy atom. The first-order valence-electron chi connectivity index (χ1n) is 9.01. The number of hydrogen-bond acceptors (Lipinski definition) is 6. The van der Waals surface area contributed by atoms with Gasteiger partial charge in [-0.15, -0.1) is 11.3 Å². The Bertz CT molecular complexity index is 1080. The summed E-state index contributed by atoms with van der Waals surface area (Å²) in [7, 11) is -3.78. The molecule has 152 valence electrons. The second-order valence-corrected chi connectivity index (χ2v) is 9.30. The smallest absolute Gasteiger partial charge is 0.241 e. The zero-order valence-corrected chi connectivity index (χ0v) is 17.9. The highest BCUT2D eigenvalue weighted by Crippen LogP contribution is 2.24. The fourth-order valence-electron chi connectivity index (χ4n) is 2.61. The minimum atomic E-state index is -3.78. The van der Waals surface area contributed by atoms with Crippen LogP contribution in [0.25, 0.3) is 11.3 Å². The SMILES string of the molecule is Cc1ccc(S(=O)(=O)N[C@@H](C)C(=O)NC(C)c2nc(-c3cccnc3)cs2)cc1. The molecule has 0 radical (unpaired) electrons. The van der Waals surface area contributed by atoms with E-state index in [9.17, 15) is 13.2 Å². The van der Waals surface area contributed by atoms with Crippen molar-refractivity contribution >= 4 is 27.3 Å². The molecule has 2 atom stereocenters. The first-order chi connectivity index (χ1) is 13.8. The van der Waals surface area contributed by atoms with Crippen molar-refractivity contribution in [3.8, 4) is 11.3 Å². The number of aryl methyl sites for hydroxylation is 1. The molecule has 0 aliphatic carbocycles. The van der Waals surface area contributed by atoms with Gasteiger partial charge in [-0.05, 0) is 45.0 Å². The maximum Gasteiger partial charge on any atom is 0.241 e. The number of sulfonamides is 1. The van der Waals surface area contributed by atoms with E-state index < -0.39 is 22.0 Å². The molecule has 2 heterocycles. The Hall–Kier alpha value is -2.62. The monoisotopic (exact) mass is 430 g/mol. The largest absolute Gasteiger partial charge is 0.346 e. The van der Waals surface area contributed by atoms with Gasteiger partial charge in [0.05, 0.1) is 22.7 Å². The van der Waals surface area contributed by atoms with Crippen LogP contribution >= 0.6 is 11.3 Å². The van der Waals surface area contributed by atoms with Gasteiger partial charge in [-0.3, -0.25) is 9.78 Å². The summed E-state index contributed by atoms with van der Waals surface area (Å²) in [5.74, 6) is -0.425. The van der Waals surface area contributed by atoms with Crippen molar-refractivity contribution in [2.45, 2.75) is 37.8 Å². The third kappa shape index (κ3) is 5.26. The number of thiazole rings is 1. The maximum absolute atomic E-state index is 12.5. The molecule has 0 spiro atoms. The van der Waals surface area contributed by atoms with Gasteiger partial charge in [0.25, 0.3) is 0 Å². The number of carbonyl (C=O) groups is 1. The number of aromatic nitrogens is 2. The lowest BCUT2D eigenvalue weighted by Crippen LogP contribution is -2.45. The molecule has 2 N–H and O–H groups in total. The van der Waals surface area contributed by atoms with E-state index in [1.54, 1.807) is 24.5 Å². The fraction of sp³-hybridized carbons (Fsp3) is 0.250. The lowest BCUT2D eigenvalue weighted by molar-refractivity contribution is -0.123. The molecule has 3 aromatic rings. The first-order valence-corrected chi connectivity index (χ1v) is 11.4. The molecule has 1 unspecified atom stereocenters. The minimum absolute atomic E-state index is 0.122. The van der Waals surface area contributed by atoms with Crippen LogP contribution < -0.4 is 10.0 Å². The number of rotatable bonds is 7. The number of carbonyl (C=O) groups excluding carboxylic acids is 1. The van der Waals surface area contributed by atoms with E-state index in [1.807, 2.05) is 31.4 Å². The molecule has 7 nitrogen and oxygen atoms in total. The summed E-state index contributed by atoms with van der Waals surface area (Å²) in [6.45, 7) is 5.20. The van der Waals surface area contributed by atoms with Gasteiger partial charge in [-0.2, -0.15) is 4.72 Å². The van der Waals surface area contributed by atoms with E-state index in [2.05, 4.69) is 20.0 Å². The highest BCUT2D eigenvalue weighted by molar-refractivity contribution is 7.89. The molecular formula is C20H22N4O3S2. The van der Waals surface area contributed by atoms with E-state index in [0.717, 1.165) is 21.8 Å². The molecule has 0 aliphatic heterocycles. The standard InChI is InChI=1S/C20H22N4O3S2/c1-13-6-8-17(9-7-13)29(26,27)24-14(2)19(25)22-15(3)20-23-18(12-28-20)16-5-4-10-21-11-16/h4-12,14-15,24H,1-3H3,(H,22,25)/t14-,15?/m0/s1. The summed E-state index contributed by atoms with van der Waals surface area (Å²) < 4.78 is 27.3. The number of pyridine rings is 1. The average Bonchev–Trinajstić information content (AvgIpc) is 3.19. The molecule has 2 aromatic heterocycles. The number of amides is 1. The molecule has 0 saturated carbocycles. The summed E-state index contributed by atoms with van der Waals surface area (Å²) in [5, 5.41) is 5.44. The summed E-state index contributed by atoms with van der Waals surface area (Å²) in [6.07, 6.45) is 3.42. The van der Waals surface area contributed by atoms with E-state index in [1.165, 1.54) is 30.4 Å². The third-order valence-corrected chi connectivity index (χ3v) is 6.85. The first kappa shape index (κ1) is 21.1. The van der Waals surface area contributed by atoms with Crippen molar-refractivity contribution in [2.24, 2.45) is 0 Å². The van der Waals surface area contributed by atoms with Crippen LogP contribution in [0.4, 0.5) is 0 Å². The minimum Gasteiger partial charge on any atom is -0.346 e. The van der Waals surface area contributed by atoms with Crippen molar-refractivity contribution in [3.63, 3.8) is 0 Å². The second-order valence-electron chi connectivity index (χ2n) is 6.70. The summed E-state index contributed by atoms with van der Waals surface area (Å²) in [6, 6.07) is 8.91. The Kier molecular flexibility index (Phi) is 6.41. The highest BCUT2D eigenvalue weighted by Gasteiger charge is 2.24. The predicted octanol–water partition coefficient (Wildman–Crippen LogP) is 3.06. The second kappa shape index (κ2) is 8.81. The molecule has 1 aromatic carbocycles. The molecule has 29 heavy (non-hydrogen) atoms. The normalized spacial score (nSPS) is 13.6. The van der Waals surface area contributed by atoms with Gasteiger partial charge < -0.3 is 5.32 Å². The van der Waals surface area contributed by atoms with Gasteiger partial charge in [0, 0.05) is 23.3 Å². The van der Waals surface area contributed by atoms with Crippen LogP contribution in [0.1, 0.15) is 30.5 Å². The van der Waals surface area contributed by atoms with Crippen molar-refractivity contribution in [1.29, 1.82) is 0 Å². The van der Waals surface area contributed by atoms with Crippen molar-refractivity contribution < 1.29 is 13.2 Å². The maximum atomic E-state index is 12.5. The predicted molar refractivity (Wildman–Crippen MR) is 113 cm³/mol. The number of hydrogen-bond donors (Lipinski definition) is 2. The van der Waals surface area contributed by atoms with Crippen LogP contribution in [0.15, 0.2) is 59.1 Å². The molecule has 0 bridgehead atoms. The van der Waals surface area contributed by atoms with Crippen LogP contribution in [0.3, 0.4) is 0 Å². The number of nitrogens with one attached hydrogen (secondary N) is 2. The molecule has 9 heteroatoms. The topological polar surface area (TPSA) is 101 Å². The zero-order chi connectivity index (χ0) is 21.0. The molecule has 0 aliphatic rings. The number of nitrogens with zero attached hydrogens (tertiary/aromatic N) is 2. The van der Waals surface area contributed by atoms with Crippen LogP contribution in [0.2, 0.25) is 0 Å². The number of benzene rings is 1. The van der Waals surface area contributed by atoms with E-state index in [4.69, 9.17) is 0 Å². The Morgan fingerprint density at radius 2 is 1.86 bits per heavy atom. The van der Waals surface area contributed by atoms with Crippen LogP contribution in [0, 0.1) is 6.92 Å². The average molecular weight is 431 g/mol. The van der Waals surface area contributed by atoms with Gasteiger partial charge in [0.15, 0.2) is 0 Å². The fourth-order valence-corrected chi connectivity index (χ4v) is 4.64. The van der Waals surface area contributed by atoms with Crippen LogP contribution in [-0.2, 0) is 14.8 Å². The molecule has 0 saturated heterocycles. The molecular weight excluding hydrogens is 408 g/mol. The van der Waals surface area contributed by atoms with Gasteiger partial charge in [0.2, 0.25) is 15.9 Å². The van der Waals surface area contributed by atoms with Gasteiger partial charge in [-0.1, -0.05) is 17.7 Å². The molecule has 0 fully saturated rings. The lowest BCUT2D eigenvalue weighted by atomic mass is 10.2. The van der Waals surface area contributed by atoms with Gasteiger partial charge in [0.1, 0.15) is 5.01 Å². The van der Waals surface area contributed by atoms with Crippen LogP contribution in [-0.4, -0.2) is 30.3 Å². The zero-order valence-electron chi connectivity index (χ0n) is 16.3. The Morgan fingerprint density at radius 3 is 2.52 bits per heavy atom. The molecule has 3 rings (SSSR count). The van der Waals surface area contributed by atoms with Gasteiger partial charge in [-0.25, -0.2) is 13.4 Å². The summed E-state index contributed by atoms with van der Waals surface area (Å²) >= 11 is 1.43. The lowest BCUT2D eigenvalue weighted by Gasteiger charge is -2.17. The Labute approximate surface area is 174 Å². The summed E-state index contributed by atoms with van der Waals surface area (Å²) in [4.78, 5) is 21.2. The van der Waals surface area contributed by atoms with Crippen LogP contribution in [0.5, 0.6) is 0 Å². The van der Waals surface area contributed by atoms with E-state index >= 15 is 0 Å². The van der Waals surface area contributed by atoms with Crippen molar-refractivity contribution in [3.05, 3.63) is 64.7 Å². The summed E-state index contributed by atoms with van der Waals surface area (Å²) in [5.41, 5.74) is 2.64. The quantitative estimate of drug-likeness (QED) is 0.600. The van der Waals surface area contributed by atoms with E-state index in [0.29, 0.717) is 0 Å². The van der Waals surface area contributed by atoms with Gasteiger partial charge >= 0.3 is 0 Å². The highest BCUT2D eigenvalue weighted by atomic mass is 32.2. The molecule has 1 amide bonds. The Balaban J connectivity index is 1.63.